The Morgan fingerprint density at radius 3 is 1.77 bits per heavy atom. The third-order valence-corrected chi connectivity index (χ3v) is 5.20. The standard InChI is InChI=1S/C18H17F9N2S/c1-18(2,3)10-7-5-6-9(15(10)28-4)8-29-16-11(19)13(21)17(14(22)12(16)20)30(23,24,25,26)27/h5-8,28H,1-4H3. The highest BCUT2D eigenvalue weighted by molar-refractivity contribution is 8.45. The molecule has 0 radical (unpaired) electrons. The molecule has 30 heavy (non-hydrogen) atoms. The molecular formula is C18H17F9N2S. The van der Waals surface area contributed by atoms with E-state index in [0.717, 1.165) is 11.8 Å². The summed E-state index contributed by atoms with van der Waals surface area (Å²) in [4.78, 5) is -0.677. The minimum Gasteiger partial charge on any atom is -0.387 e. The molecule has 2 aromatic rings. The summed E-state index contributed by atoms with van der Waals surface area (Å²) < 4.78 is 120. The molecule has 2 nitrogen and oxygen atoms in total. The zero-order valence-corrected chi connectivity index (χ0v) is 16.9. The minimum absolute atomic E-state index is 0.182. The molecule has 0 aliphatic heterocycles. The van der Waals surface area contributed by atoms with Crippen LogP contribution in [0.4, 0.5) is 48.4 Å². The largest absolute Gasteiger partial charge is 0.387 e. The van der Waals surface area contributed by atoms with Crippen molar-refractivity contribution in [2.75, 3.05) is 12.4 Å². The van der Waals surface area contributed by atoms with E-state index >= 15 is 0 Å². The van der Waals surface area contributed by atoms with Gasteiger partial charge in [-0.1, -0.05) is 58.4 Å². The molecule has 0 aliphatic carbocycles. The third-order valence-electron chi connectivity index (χ3n) is 4.07. The predicted molar refractivity (Wildman–Crippen MR) is 99.6 cm³/mol. The van der Waals surface area contributed by atoms with Gasteiger partial charge in [0.2, 0.25) is 0 Å². The smallest absolute Gasteiger partial charge is 0.316 e. The zero-order chi connectivity index (χ0) is 23.3. The fourth-order valence-electron chi connectivity index (χ4n) is 2.77. The van der Waals surface area contributed by atoms with Gasteiger partial charge in [0, 0.05) is 24.5 Å². The number of benzene rings is 2. The number of nitrogens with zero attached hydrogens (tertiary/aromatic N) is 1. The first-order chi connectivity index (χ1) is 13.3. The van der Waals surface area contributed by atoms with Gasteiger partial charge in [-0.15, -0.1) is 0 Å². The van der Waals surface area contributed by atoms with Crippen LogP contribution in [-0.4, -0.2) is 13.3 Å². The van der Waals surface area contributed by atoms with Gasteiger partial charge in [-0.2, -0.15) is 0 Å². The second-order valence-electron chi connectivity index (χ2n) is 7.43. The van der Waals surface area contributed by atoms with Crippen molar-refractivity contribution in [1.82, 2.24) is 0 Å². The van der Waals surface area contributed by atoms with E-state index in [0.29, 0.717) is 5.69 Å². The lowest BCUT2D eigenvalue weighted by Crippen LogP contribution is -2.15. The van der Waals surface area contributed by atoms with Crippen molar-refractivity contribution in [2.24, 2.45) is 4.99 Å². The Morgan fingerprint density at radius 1 is 0.867 bits per heavy atom. The molecule has 0 bridgehead atoms. The van der Waals surface area contributed by atoms with E-state index in [1.165, 1.54) is 13.1 Å². The maximum absolute atomic E-state index is 14.0. The lowest BCUT2D eigenvalue weighted by atomic mass is 9.84. The molecule has 0 unspecified atom stereocenters. The molecule has 0 saturated carbocycles. The number of anilines is 1. The molecular weight excluding hydrogens is 447 g/mol. The minimum atomic E-state index is -11.1. The van der Waals surface area contributed by atoms with E-state index < -0.39 is 49.5 Å². The SMILES string of the molecule is CNc1c(C=Nc2c(F)c(F)c(S(F)(F)(F)(F)F)c(F)c2F)cccc1C(C)(C)C. The second kappa shape index (κ2) is 6.56. The first-order valence-electron chi connectivity index (χ1n) is 8.25. The Balaban J connectivity index is 2.72. The zero-order valence-electron chi connectivity index (χ0n) is 16.1. The van der Waals surface area contributed by atoms with Crippen molar-refractivity contribution in [3.8, 4) is 0 Å². The van der Waals surface area contributed by atoms with Gasteiger partial charge in [-0.25, -0.2) is 22.6 Å². The third kappa shape index (κ3) is 4.52. The van der Waals surface area contributed by atoms with Crippen LogP contribution in [0.1, 0.15) is 31.9 Å². The highest BCUT2D eigenvalue weighted by atomic mass is 32.5. The Labute approximate surface area is 166 Å². The summed E-state index contributed by atoms with van der Waals surface area (Å²) in [6, 6.07) is 4.69. The second-order valence-corrected chi connectivity index (χ2v) is 9.78. The van der Waals surface area contributed by atoms with Crippen molar-refractivity contribution in [2.45, 2.75) is 31.1 Å². The molecule has 12 heteroatoms. The summed E-state index contributed by atoms with van der Waals surface area (Å²) in [5.41, 5.74) is -0.872. The molecule has 2 aromatic carbocycles. The van der Waals surface area contributed by atoms with E-state index in [1.807, 2.05) is 20.8 Å². The first-order valence-corrected chi connectivity index (χ1v) is 10.2. The molecule has 0 heterocycles. The van der Waals surface area contributed by atoms with Crippen molar-refractivity contribution < 1.29 is 37.0 Å². The molecule has 0 saturated heterocycles. The van der Waals surface area contributed by atoms with E-state index in [1.54, 1.807) is 12.1 Å². The van der Waals surface area contributed by atoms with Crippen molar-refractivity contribution in [3.63, 3.8) is 0 Å². The van der Waals surface area contributed by atoms with Crippen molar-refractivity contribution >= 4 is 27.8 Å². The average molecular weight is 464 g/mol. The monoisotopic (exact) mass is 464 g/mol. The van der Waals surface area contributed by atoms with Gasteiger partial charge < -0.3 is 5.32 Å². The van der Waals surface area contributed by atoms with E-state index in [-0.39, 0.29) is 5.56 Å². The van der Waals surface area contributed by atoms with Gasteiger partial charge in [0.15, 0.2) is 28.2 Å². The number of rotatable bonds is 4. The Morgan fingerprint density at radius 2 is 1.37 bits per heavy atom. The molecule has 0 atom stereocenters. The fourth-order valence-corrected chi connectivity index (χ4v) is 3.62. The number of nitrogens with one attached hydrogen (secondary N) is 1. The van der Waals surface area contributed by atoms with Crippen molar-refractivity contribution in [1.29, 1.82) is 0 Å². The van der Waals surface area contributed by atoms with Crippen LogP contribution in [0.2, 0.25) is 0 Å². The average Bonchev–Trinajstić information content (AvgIpc) is 2.56. The molecule has 0 fully saturated rings. The quantitative estimate of drug-likeness (QED) is 0.277. The summed E-state index contributed by atoms with van der Waals surface area (Å²) >= 11 is 0. The molecule has 1 N–H and O–H groups in total. The van der Waals surface area contributed by atoms with Gasteiger partial charge in [-0.3, -0.25) is 0 Å². The molecule has 168 valence electrons. The van der Waals surface area contributed by atoms with Crippen LogP contribution >= 0.6 is 10.2 Å². The summed E-state index contributed by atoms with van der Waals surface area (Å²) in [5, 5.41) is 2.83. The lowest BCUT2D eigenvalue weighted by molar-refractivity contribution is 0.330. The number of hydrogen-bond donors (Lipinski definition) is 1. The van der Waals surface area contributed by atoms with Gasteiger partial charge in [0.1, 0.15) is 5.69 Å². The first kappa shape index (κ1) is 23.9. The maximum Gasteiger partial charge on any atom is 0.316 e. The van der Waals surface area contributed by atoms with Gasteiger partial charge in [0.05, 0.1) is 0 Å². The van der Waals surface area contributed by atoms with Gasteiger partial charge >= 0.3 is 10.2 Å². The van der Waals surface area contributed by atoms with Crippen LogP contribution in [0.3, 0.4) is 0 Å². The Bertz CT molecular complexity index is 1010. The van der Waals surface area contributed by atoms with Crippen molar-refractivity contribution in [3.05, 3.63) is 52.6 Å². The summed E-state index contributed by atoms with van der Waals surface area (Å²) in [7, 11) is -9.53. The highest BCUT2D eigenvalue weighted by Crippen LogP contribution is 3.02. The highest BCUT2D eigenvalue weighted by Gasteiger charge is 2.70. The normalized spacial score (nSPS) is 15.2. The van der Waals surface area contributed by atoms with Crippen LogP contribution in [0, 0.1) is 23.3 Å². The van der Waals surface area contributed by atoms with Crippen LogP contribution in [0.25, 0.3) is 0 Å². The lowest BCUT2D eigenvalue weighted by Gasteiger charge is -2.40. The summed E-state index contributed by atoms with van der Waals surface area (Å²) in [6.45, 7) is 5.56. The van der Waals surface area contributed by atoms with Crippen LogP contribution in [-0.2, 0) is 5.41 Å². The fraction of sp³-hybridized carbons (Fsp3) is 0.278. The Hall–Kier alpha value is -2.37. The maximum atomic E-state index is 14.0. The van der Waals surface area contributed by atoms with Crippen LogP contribution in [0.15, 0.2) is 28.1 Å². The number of hydrogen-bond acceptors (Lipinski definition) is 2. The molecule has 0 spiro atoms. The number of aliphatic imine (C=N–C) groups is 1. The number of halogens is 9. The summed E-state index contributed by atoms with van der Waals surface area (Å²) in [5.74, 6) is -11.9. The molecule has 0 aromatic heterocycles. The van der Waals surface area contributed by atoms with E-state index in [9.17, 15) is 37.0 Å². The van der Waals surface area contributed by atoms with Gasteiger partial charge in [0.25, 0.3) is 0 Å². The topological polar surface area (TPSA) is 24.4 Å². The Kier molecular flexibility index (Phi) is 5.23. The molecule has 2 rings (SSSR count). The van der Waals surface area contributed by atoms with E-state index in [2.05, 4.69) is 10.3 Å². The molecule has 0 amide bonds. The van der Waals surface area contributed by atoms with Gasteiger partial charge in [-0.05, 0) is 11.0 Å². The predicted octanol–water partition coefficient (Wildman–Crippen LogP) is 7.99. The van der Waals surface area contributed by atoms with Crippen LogP contribution < -0.4 is 5.32 Å². The summed E-state index contributed by atoms with van der Waals surface area (Å²) in [6.07, 6.45) is 0.751. The van der Waals surface area contributed by atoms with E-state index in [4.69, 9.17) is 0 Å². The molecule has 0 aliphatic rings. The number of para-hydroxylation sites is 1. The van der Waals surface area contributed by atoms with Crippen LogP contribution in [0.5, 0.6) is 0 Å².